The highest BCUT2D eigenvalue weighted by Gasteiger charge is 2.25. The Balaban J connectivity index is 1.72. The first-order chi connectivity index (χ1) is 20.2. The lowest BCUT2D eigenvalue weighted by Crippen LogP contribution is -2.40. The van der Waals surface area contributed by atoms with Gasteiger partial charge in [-0.15, -0.1) is 0 Å². The number of carboxylic acids is 1. The Morgan fingerprint density at radius 1 is 0.977 bits per heavy atom. The van der Waals surface area contributed by atoms with Crippen molar-refractivity contribution in [1.29, 1.82) is 0 Å². The summed E-state index contributed by atoms with van der Waals surface area (Å²) in [7, 11) is -3.96. The SMILES string of the molecule is CC(C)(C)OC(=O)N(CCc1ccc(S(=O)(=O)c2cccc(C(=O)NCCC(=O)O)c2)cc1)C[C@H](O)c1cccc(Cl)c1. The van der Waals surface area contributed by atoms with Crippen molar-refractivity contribution in [3.05, 3.63) is 94.5 Å². The molecule has 0 aliphatic rings. The molecular formula is C31H35ClN2O8S. The molecule has 2 amide bonds. The smallest absolute Gasteiger partial charge is 0.410 e. The maximum absolute atomic E-state index is 13.3. The number of aliphatic hydroxyl groups excluding tert-OH is 1. The minimum atomic E-state index is -3.96. The molecule has 0 aliphatic heterocycles. The van der Waals surface area contributed by atoms with Crippen molar-refractivity contribution in [3.63, 3.8) is 0 Å². The molecule has 0 spiro atoms. The van der Waals surface area contributed by atoms with Crippen molar-refractivity contribution >= 4 is 39.4 Å². The summed E-state index contributed by atoms with van der Waals surface area (Å²) in [5.74, 6) is -1.64. The van der Waals surface area contributed by atoms with E-state index in [1.54, 1.807) is 57.2 Å². The molecule has 12 heteroatoms. The third-order valence-corrected chi connectivity index (χ3v) is 8.22. The number of ether oxygens (including phenoxy) is 1. The number of nitrogens with one attached hydrogen (secondary N) is 1. The number of carboxylic acid groups (broad SMARTS) is 1. The minimum Gasteiger partial charge on any atom is -0.481 e. The van der Waals surface area contributed by atoms with Crippen molar-refractivity contribution < 1.29 is 37.8 Å². The maximum Gasteiger partial charge on any atom is 0.410 e. The zero-order valence-corrected chi connectivity index (χ0v) is 25.7. The summed E-state index contributed by atoms with van der Waals surface area (Å²) in [5, 5.41) is 22.4. The number of carbonyl (C=O) groups excluding carboxylic acids is 2. The van der Waals surface area contributed by atoms with Crippen molar-refractivity contribution in [2.45, 2.75) is 55.1 Å². The summed E-state index contributed by atoms with van der Waals surface area (Å²) in [5.41, 5.74) is 0.641. The fraction of sp³-hybridized carbons (Fsp3) is 0.323. The van der Waals surface area contributed by atoms with Gasteiger partial charge in [-0.3, -0.25) is 9.59 Å². The van der Waals surface area contributed by atoms with Crippen LogP contribution in [0.15, 0.2) is 82.6 Å². The Morgan fingerprint density at radius 2 is 1.65 bits per heavy atom. The van der Waals surface area contributed by atoms with E-state index in [1.807, 2.05) is 0 Å². The van der Waals surface area contributed by atoms with Gasteiger partial charge in [0.1, 0.15) is 5.60 Å². The lowest BCUT2D eigenvalue weighted by molar-refractivity contribution is -0.136. The molecule has 43 heavy (non-hydrogen) atoms. The standard InChI is InChI=1S/C31H35ClN2O8S/c1-31(2,3)42-30(39)34(20-27(35)22-6-4-8-24(32)18-22)17-15-21-10-12-25(13-11-21)43(40,41)26-9-5-7-23(19-26)29(38)33-16-14-28(36)37/h4-13,18-19,27,35H,14-17,20H2,1-3H3,(H,33,38)(H,36,37)/t27-/m0/s1. The van der Waals surface area contributed by atoms with E-state index in [0.717, 1.165) is 5.56 Å². The van der Waals surface area contributed by atoms with Gasteiger partial charge in [0.25, 0.3) is 5.91 Å². The zero-order chi connectivity index (χ0) is 31.8. The Morgan fingerprint density at radius 3 is 2.28 bits per heavy atom. The second kappa shape index (κ2) is 14.5. The number of rotatable bonds is 12. The number of aliphatic carboxylic acids is 1. The molecular weight excluding hydrogens is 596 g/mol. The molecule has 0 fully saturated rings. The monoisotopic (exact) mass is 630 g/mol. The van der Waals surface area contributed by atoms with Gasteiger partial charge in [0.15, 0.2) is 0 Å². The highest BCUT2D eigenvalue weighted by Crippen LogP contribution is 2.24. The van der Waals surface area contributed by atoms with Gasteiger partial charge in [-0.25, -0.2) is 13.2 Å². The van der Waals surface area contributed by atoms with Crippen LogP contribution in [0.4, 0.5) is 4.79 Å². The molecule has 0 saturated carbocycles. The third kappa shape index (κ3) is 10.1. The topological polar surface area (TPSA) is 150 Å². The molecule has 10 nitrogen and oxygen atoms in total. The molecule has 0 bridgehead atoms. The summed E-state index contributed by atoms with van der Waals surface area (Å²) < 4.78 is 32.1. The zero-order valence-electron chi connectivity index (χ0n) is 24.1. The summed E-state index contributed by atoms with van der Waals surface area (Å²) in [6.45, 7) is 5.31. The number of carbonyl (C=O) groups is 3. The summed E-state index contributed by atoms with van der Waals surface area (Å²) in [6.07, 6.45) is -1.50. The molecule has 3 rings (SSSR count). The van der Waals surface area contributed by atoms with Crippen molar-refractivity contribution in [2.24, 2.45) is 0 Å². The van der Waals surface area contributed by atoms with Gasteiger partial charge >= 0.3 is 12.1 Å². The third-order valence-electron chi connectivity index (χ3n) is 6.21. The second-order valence-corrected chi connectivity index (χ2v) is 13.2. The van der Waals surface area contributed by atoms with Gasteiger partial charge < -0.3 is 25.2 Å². The number of aliphatic hydroxyl groups is 1. The fourth-order valence-electron chi connectivity index (χ4n) is 4.04. The fourth-order valence-corrected chi connectivity index (χ4v) is 5.54. The van der Waals surface area contributed by atoms with E-state index in [9.17, 15) is 27.9 Å². The van der Waals surface area contributed by atoms with Gasteiger partial charge in [0.2, 0.25) is 9.84 Å². The van der Waals surface area contributed by atoms with Crippen LogP contribution < -0.4 is 5.32 Å². The minimum absolute atomic E-state index is 0.0139. The summed E-state index contributed by atoms with van der Waals surface area (Å²) in [6, 6.07) is 18.4. The van der Waals surface area contributed by atoms with Crippen LogP contribution in [0.5, 0.6) is 0 Å². The van der Waals surface area contributed by atoms with Crippen LogP contribution >= 0.6 is 11.6 Å². The summed E-state index contributed by atoms with van der Waals surface area (Å²) in [4.78, 5) is 37.3. The molecule has 0 aliphatic carbocycles. The van der Waals surface area contributed by atoms with Crippen LogP contribution in [0, 0.1) is 0 Å². The normalized spacial score (nSPS) is 12.3. The lowest BCUT2D eigenvalue weighted by atomic mass is 10.1. The molecule has 0 heterocycles. The maximum atomic E-state index is 13.3. The van der Waals surface area contributed by atoms with Crippen LogP contribution in [0.25, 0.3) is 0 Å². The van der Waals surface area contributed by atoms with Gasteiger partial charge in [-0.05, 0) is 80.8 Å². The molecule has 3 aromatic rings. The quantitative estimate of drug-likeness (QED) is 0.256. The molecule has 0 saturated heterocycles. The van der Waals surface area contributed by atoms with Crippen LogP contribution in [0.2, 0.25) is 5.02 Å². The molecule has 230 valence electrons. The van der Waals surface area contributed by atoms with Gasteiger partial charge in [0, 0.05) is 23.7 Å². The molecule has 0 aromatic heterocycles. The van der Waals surface area contributed by atoms with Crippen molar-refractivity contribution in [1.82, 2.24) is 10.2 Å². The predicted octanol–water partition coefficient (Wildman–Crippen LogP) is 4.89. The first-order valence-corrected chi connectivity index (χ1v) is 15.4. The Bertz CT molecular complexity index is 1550. The molecule has 0 unspecified atom stereocenters. The molecule has 0 radical (unpaired) electrons. The molecule has 3 aromatic carbocycles. The van der Waals surface area contributed by atoms with Crippen LogP contribution in [0.3, 0.4) is 0 Å². The van der Waals surface area contributed by atoms with E-state index in [1.165, 1.54) is 41.3 Å². The van der Waals surface area contributed by atoms with Crippen molar-refractivity contribution in [3.8, 4) is 0 Å². The highest BCUT2D eigenvalue weighted by atomic mass is 35.5. The van der Waals surface area contributed by atoms with Crippen LogP contribution in [-0.4, -0.2) is 66.7 Å². The van der Waals surface area contributed by atoms with E-state index >= 15 is 0 Å². The van der Waals surface area contributed by atoms with Crippen molar-refractivity contribution in [2.75, 3.05) is 19.6 Å². The van der Waals surface area contributed by atoms with E-state index in [-0.39, 0.29) is 41.4 Å². The average Bonchev–Trinajstić information content (AvgIpc) is 2.94. The molecule has 3 N–H and O–H groups in total. The first-order valence-electron chi connectivity index (χ1n) is 13.5. The first kappa shape index (κ1) is 33.6. The van der Waals surface area contributed by atoms with Gasteiger partial charge in [0.05, 0.1) is 28.9 Å². The number of nitrogens with zero attached hydrogens (tertiary/aromatic N) is 1. The van der Waals surface area contributed by atoms with E-state index in [4.69, 9.17) is 21.4 Å². The number of benzene rings is 3. The Hall–Kier alpha value is -3.93. The number of hydrogen-bond acceptors (Lipinski definition) is 7. The summed E-state index contributed by atoms with van der Waals surface area (Å²) >= 11 is 6.05. The Labute approximate surface area is 256 Å². The largest absolute Gasteiger partial charge is 0.481 e. The van der Waals surface area contributed by atoms with Gasteiger partial charge in [-0.1, -0.05) is 41.9 Å². The number of amides is 2. The lowest BCUT2D eigenvalue weighted by Gasteiger charge is -2.29. The number of hydrogen-bond donors (Lipinski definition) is 3. The predicted molar refractivity (Wildman–Crippen MR) is 161 cm³/mol. The second-order valence-electron chi connectivity index (χ2n) is 10.8. The van der Waals surface area contributed by atoms with Gasteiger partial charge in [-0.2, -0.15) is 0 Å². The Kier molecular flexibility index (Phi) is 11.3. The highest BCUT2D eigenvalue weighted by molar-refractivity contribution is 7.91. The molecule has 1 atom stereocenters. The number of sulfone groups is 1. The van der Waals surface area contributed by atoms with E-state index in [0.29, 0.717) is 17.0 Å². The van der Waals surface area contributed by atoms with E-state index < -0.39 is 39.5 Å². The van der Waals surface area contributed by atoms with Crippen LogP contribution in [-0.2, 0) is 25.8 Å². The van der Waals surface area contributed by atoms with Crippen LogP contribution in [0.1, 0.15) is 54.8 Å². The number of halogens is 1. The van der Waals surface area contributed by atoms with E-state index in [2.05, 4.69) is 5.32 Å². The average molecular weight is 631 g/mol.